The zero-order valence-corrected chi connectivity index (χ0v) is 10.1. The predicted molar refractivity (Wildman–Crippen MR) is 59.2 cm³/mol. The van der Waals surface area contributed by atoms with Gasteiger partial charge in [-0.2, -0.15) is 8.42 Å². The van der Waals surface area contributed by atoms with E-state index in [1.54, 1.807) is 23.9 Å². The van der Waals surface area contributed by atoms with Gasteiger partial charge in [-0.25, -0.2) is 0 Å². The second kappa shape index (κ2) is 4.87. The first kappa shape index (κ1) is 12.4. The average Bonchev–Trinajstić information content (AvgIpc) is 2.16. The van der Waals surface area contributed by atoms with E-state index >= 15 is 0 Å². The summed E-state index contributed by atoms with van der Waals surface area (Å²) >= 11 is 1.57. The van der Waals surface area contributed by atoms with Crippen LogP contribution in [0.15, 0.2) is 28.0 Å². The smallest absolute Gasteiger partial charge is 0.298 e. The van der Waals surface area contributed by atoms with Crippen molar-refractivity contribution in [3.63, 3.8) is 0 Å². The van der Waals surface area contributed by atoms with Crippen molar-refractivity contribution in [2.45, 2.75) is 16.7 Å². The topological polar surface area (TPSA) is 63.6 Å². The molecule has 0 saturated carbocycles. The molecule has 0 spiro atoms. The molecule has 0 aliphatic carbocycles. The molecule has 0 aliphatic rings. The number of methoxy groups -OCH3 is 1. The largest absolute Gasteiger partial charge is 0.495 e. The fourth-order valence-electron chi connectivity index (χ4n) is 1.12. The minimum Gasteiger partial charge on any atom is -0.495 e. The highest BCUT2D eigenvalue weighted by Gasteiger charge is 2.16. The van der Waals surface area contributed by atoms with Gasteiger partial charge >= 0.3 is 0 Å². The van der Waals surface area contributed by atoms with Gasteiger partial charge in [0.25, 0.3) is 10.1 Å². The first-order valence-electron chi connectivity index (χ1n) is 4.27. The molecule has 1 aromatic carbocycles. The monoisotopic (exact) mass is 248 g/mol. The molecule has 1 aromatic rings. The minimum absolute atomic E-state index is 0.163. The first-order valence-corrected chi connectivity index (χ1v) is 6.70. The van der Waals surface area contributed by atoms with Gasteiger partial charge in [0.15, 0.2) is 0 Å². The molecule has 0 atom stereocenters. The Morgan fingerprint density at radius 1 is 1.47 bits per heavy atom. The highest BCUT2D eigenvalue weighted by molar-refractivity contribution is 7.99. The summed E-state index contributed by atoms with van der Waals surface area (Å²) in [5.41, 5.74) is 0. The number of hydrogen-bond acceptors (Lipinski definition) is 4. The molecule has 0 heterocycles. The summed E-state index contributed by atoms with van der Waals surface area (Å²) in [5, 5.41) is 0. The van der Waals surface area contributed by atoms with Crippen LogP contribution in [0.1, 0.15) is 6.92 Å². The van der Waals surface area contributed by atoms with Gasteiger partial charge in [0.2, 0.25) is 0 Å². The lowest BCUT2D eigenvalue weighted by molar-refractivity contribution is 0.396. The summed E-state index contributed by atoms with van der Waals surface area (Å²) in [6, 6.07) is 4.57. The third-order valence-electron chi connectivity index (χ3n) is 1.72. The summed E-state index contributed by atoms with van der Waals surface area (Å²) in [5.74, 6) is 1.05. The lowest BCUT2D eigenvalue weighted by atomic mass is 10.3. The lowest BCUT2D eigenvalue weighted by Crippen LogP contribution is -2.01. The predicted octanol–water partition coefficient (Wildman–Crippen LogP) is 2.05. The molecular formula is C9H12O4S2. The molecule has 0 bridgehead atoms. The molecule has 6 heteroatoms. The van der Waals surface area contributed by atoms with E-state index in [4.69, 9.17) is 9.29 Å². The molecule has 84 valence electrons. The van der Waals surface area contributed by atoms with Gasteiger partial charge in [-0.1, -0.05) is 6.92 Å². The summed E-state index contributed by atoms with van der Waals surface area (Å²) in [7, 11) is -2.85. The summed E-state index contributed by atoms with van der Waals surface area (Å²) in [6.45, 7) is 1.99. The van der Waals surface area contributed by atoms with Crippen LogP contribution in [-0.4, -0.2) is 25.8 Å². The fourth-order valence-corrected chi connectivity index (χ4v) is 2.44. The Morgan fingerprint density at radius 2 is 2.13 bits per heavy atom. The average molecular weight is 248 g/mol. The summed E-state index contributed by atoms with van der Waals surface area (Å²) in [4.78, 5) is 0.701. The van der Waals surface area contributed by atoms with Crippen LogP contribution >= 0.6 is 11.8 Å². The van der Waals surface area contributed by atoms with E-state index in [0.717, 1.165) is 10.6 Å². The Kier molecular flexibility index (Phi) is 4.01. The zero-order valence-electron chi connectivity index (χ0n) is 8.43. The van der Waals surface area contributed by atoms with Crippen molar-refractivity contribution in [1.82, 2.24) is 0 Å². The maximum Gasteiger partial charge on any atom is 0.298 e. The van der Waals surface area contributed by atoms with Crippen LogP contribution < -0.4 is 4.74 Å². The van der Waals surface area contributed by atoms with Gasteiger partial charge in [0.05, 0.1) is 7.11 Å². The second-order valence-corrected chi connectivity index (χ2v) is 5.45. The molecule has 1 rings (SSSR count). The van der Waals surface area contributed by atoms with E-state index in [1.807, 2.05) is 6.92 Å². The van der Waals surface area contributed by atoms with Crippen molar-refractivity contribution < 1.29 is 17.7 Å². The Morgan fingerprint density at radius 3 is 2.60 bits per heavy atom. The van der Waals surface area contributed by atoms with Crippen molar-refractivity contribution >= 4 is 21.9 Å². The molecule has 0 radical (unpaired) electrons. The summed E-state index contributed by atoms with van der Waals surface area (Å²) < 4.78 is 35.7. The van der Waals surface area contributed by atoms with Crippen LogP contribution in [-0.2, 0) is 10.1 Å². The molecule has 0 aromatic heterocycles. The number of hydrogen-bond donors (Lipinski definition) is 1. The van der Waals surface area contributed by atoms with Crippen molar-refractivity contribution in [3.8, 4) is 5.75 Å². The Labute approximate surface area is 93.4 Å². The number of thioether (sulfide) groups is 1. The van der Waals surface area contributed by atoms with Crippen LogP contribution in [0.4, 0.5) is 0 Å². The molecule has 15 heavy (non-hydrogen) atoms. The van der Waals surface area contributed by atoms with E-state index < -0.39 is 10.1 Å². The summed E-state index contributed by atoms with van der Waals surface area (Å²) in [6.07, 6.45) is 0. The van der Waals surface area contributed by atoms with E-state index in [2.05, 4.69) is 0 Å². The van der Waals surface area contributed by atoms with E-state index in [1.165, 1.54) is 13.2 Å². The molecule has 0 unspecified atom stereocenters. The van der Waals surface area contributed by atoms with Crippen molar-refractivity contribution in [2.75, 3.05) is 12.9 Å². The lowest BCUT2D eigenvalue weighted by Gasteiger charge is -2.07. The third-order valence-corrected chi connectivity index (χ3v) is 3.49. The Bertz CT molecular complexity index is 439. The van der Waals surface area contributed by atoms with Crippen LogP contribution in [0.5, 0.6) is 5.75 Å². The quantitative estimate of drug-likeness (QED) is 0.652. The fraction of sp³-hybridized carbons (Fsp3) is 0.333. The van der Waals surface area contributed by atoms with Gasteiger partial charge in [-0.15, -0.1) is 11.8 Å². The maximum atomic E-state index is 11.0. The second-order valence-electron chi connectivity index (χ2n) is 2.72. The van der Waals surface area contributed by atoms with Crippen LogP contribution in [0, 0.1) is 0 Å². The minimum atomic E-state index is -4.21. The van der Waals surface area contributed by atoms with Gasteiger partial charge in [0, 0.05) is 4.90 Å². The Balaban J connectivity index is 3.21. The van der Waals surface area contributed by atoms with Crippen molar-refractivity contribution in [1.29, 1.82) is 0 Å². The Hall–Kier alpha value is -0.720. The molecule has 0 aliphatic heterocycles. The number of ether oxygens (including phenoxy) is 1. The molecule has 0 saturated heterocycles. The van der Waals surface area contributed by atoms with Crippen LogP contribution in [0.2, 0.25) is 0 Å². The first-order chi connectivity index (χ1) is 6.99. The normalized spacial score (nSPS) is 11.4. The zero-order chi connectivity index (χ0) is 11.5. The molecule has 0 fully saturated rings. The van der Waals surface area contributed by atoms with Gasteiger partial charge in [-0.05, 0) is 24.0 Å². The maximum absolute atomic E-state index is 11.0. The molecular weight excluding hydrogens is 236 g/mol. The number of rotatable bonds is 4. The van der Waals surface area contributed by atoms with E-state index in [9.17, 15) is 8.42 Å². The standard InChI is InChI=1S/C9H12O4S2/c1-3-14-7-4-5-9(15(10,11)12)8(6-7)13-2/h4-6H,3H2,1-2H3,(H,10,11,12). The van der Waals surface area contributed by atoms with Gasteiger partial charge in [-0.3, -0.25) is 4.55 Å². The highest BCUT2D eigenvalue weighted by Crippen LogP contribution is 2.29. The number of benzene rings is 1. The van der Waals surface area contributed by atoms with E-state index in [-0.39, 0.29) is 10.6 Å². The molecule has 1 N–H and O–H groups in total. The van der Waals surface area contributed by atoms with Crippen LogP contribution in [0.25, 0.3) is 0 Å². The van der Waals surface area contributed by atoms with Crippen LogP contribution in [0.3, 0.4) is 0 Å². The SMILES string of the molecule is CCSc1ccc(S(=O)(=O)O)c(OC)c1. The van der Waals surface area contributed by atoms with Gasteiger partial charge in [0.1, 0.15) is 10.6 Å². The van der Waals surface area contributed by atoms with E-state index in [0.29, 0.717) is 0 Å². The van der Waals surface area contributed by atoms with Gasteiger partial charge < -0.3 is 4.74 Å². The molecule has 4 nitrogen and oxygen atoms in total. The highest BCUT2D eigenvalue weighted by atomic mass is 32.2. The molecule has 0 amide bonds. The van der Waals surface area contributed by atoms with Crippen molar-refractivity contribution in [3.05, 3.63) is 18.2 Å². The third kappa shape index (κ3) is 3.12. The van der Waals surface area contributed by atoms with Crippen molar-refractivity contribution in [2.24, 2.45) is 0 Å².